The predicted octanol–water partition coefficient (Wildman–Crippen LogP) is 5.69. The Morgan fingerprint density at radius 1 is 0.886 bits per heavy atom. The molecule has 5 nitrogen and oxygen atoms in total. The number of benzene rings is 3. The van der Waals surface area contributed by atoms with Crippen LogP contribution < -0.4 is 9.47 Å². The number of nitrogens with zero attached hydrogens (tertiary/aromatic N) is 2. The van der Waals surface area contributed by atoms with Crippen molar-refractivity contribution in [2.45, 2.75) is 19.6 Å². The summed E-state index contributed by atoms with van der Waals surface area (Å²) >= 11 is 0. The quantitative estimate of drug-likeness (QED) is 0.299. The first kappa shape index (κ1) is 24.0. The van der Waals surface area contributed by atoms with Crippen molar-refractivity contribution in [3.63, 3.8) is 0 Å². The van der Waals surface area contributed by atoms with Crippen LogP contribution in [0.1, 0.15) is 27.2 Å². The number of hydrogen-bond donors (Lipinski definition) is 0. The van der Waals surface area contributed by atoms with Gasteiger partial charge in [-0.1, -0.05) is 42.5 Å². The number of carbonyl (C=O) groups excluding carboxylic acids is 1. The largest absolute Gasteiger partial charge is 0.493 e. The molecule has 0 atom stereocenters. The standard InChI is InChI=1S/C29H27FN2O3/c1-34-28-19-23(10-15-27(28)35-21-22-7-3-2-4-8-22)20-32(18-16-26-9-5-6-17-31-26)29(33)24-11-13-25(30)14-12-24/h2-15,17,19H,16,18,20-21H2,1H3. The number of hydrogen-bond acceptors (Lipinski definition) is 4. The van der Waals surface area contributed by atoms with E-state index in [9.17, 15) is 9.18 Å². The van der Waals surface area contributed by atoms with Crippen LogP contribution in [0.15, 0.2) is 97.2 Å². The van der Waals surface area contributed by atoms with Gasteiger partial charge in [0.25, 0.3) is 5.91 Å². The molecule has 0 fully saturated rings. The summed E-state index contributed by atoms with van der Waals surface area (Å²) in [5.74, 6) is 0.670. The highest BCUT2D eigenvalue weighted by atomic mass is 19.1. The highest BCUT2D eigenvalue weighted by Crippen LogP contribution is 2.29. The third-order valence-corrected chi connectivity index (χ3v) is 5.58. The van der Waals surface area contributed by atoms with Gasteiger partial charge in [0.1, 0.15) is 12.4 Å². The molecule has 6 heteroatoms. The zero-order valence-corrected chi connectivity index (χ0v) is 19.6. The Kier molecular flexibility index (Phi) is 8.07. The van der Waals surface area contributed by atoms with Crippen LogP contribution in [0.2, 0.25) is 0 Å². The van der Waals surface area contributed by atoms with Gasteiger partial charge in [-0.2, -0.15) is 0 Å². The molecule has 35 heavy (non-hydrogen) atoms. The SMILES string of the molecule is COc1cc(CN(CCc2ccccn2)C(=O)c2ccc(F)cc2)ccc1OCc1ccccc1. The Bertz CT molecular complexity index is 1230. The summed E-state index contributed by atoms with van der Waals surface area (Å²) in [6.45, 7) is 1.25. The fourth-order valence-electron chi connectivity index (χ4n) is 3.71. The lowest BCUT2D eigenvalue weighted by Crippen LogP contribution is -2.32. The lowest BCUT2D eigenvalue weighted by molar-refractivity contribution is 0.0744. The lowest BCUT2D eigenvalue weighted by Gasteiger charge is -2.23. The van der Waals surface area contributed by atoms with Crippen molar-refractivity contribution in [1.82, 2.24) is 9.88 Å². The van der Waals surface area contributed by atoms with Crippen LogP contribution in [0, 0.1) is 5.82 Å². The number of rotatable bonds is 10. The topological polar surface area (TPSA) is 51.7 Å². The highest BCUT2D eigenvalue weighted by Gasteiger charge is 2.18. The van der Waals surface area contributed by atoms with Crippen molar-refractivity contribution in [1.29, 1.82) is 0 Å². The van der Waals surface area contributed by atoms with E-state index in [1.165, 1.54) is 24.3 Å². The molecule has 0 spiro atoms. The average Bonchev–Trinajstić information content (AvgIpc) is 2.91. The van der Waals surface area contributed by atoms with E-state index in [-0.39, 0.29) is 11.7 Å². The Morgan fingerprint density at radius 2 is 1.66 bits per heavy atom. The van der Waals surface area contributed by atoms with E-state index in [1.54, 1.807) is 18.2 Å². The Hall–Kier alpha value is -4.19. The van der Waals surface area contributed by atoms with Crippen molar-refractivity contribution < 1.29 is 18.7 Å². The number of pyridine rings is 1. The molecule has 1 amide bonds. The number of aromatic nitrogens is 1. The summed E-state index contributed by atoms with van der Waals surface area (Å²) in [7, 11) is 1.59. The van der Waals surface area contributed by atoms with E-state index in [0.717, 1.165) is 16.8 Å². The molecule has 0 bridgehead atoms. The first-order valence-electron chi connectivity index (χ1n) is 11.4. The molecular formula is C29H27FN2O3. The fourth-order valence-corrected chi connectivity index (χ4v) is 3.71. The summed E-state index contributed by atoms with van der Waals surface area (Å²) in [5, 5.41) is 0. The molecule has 1 heterocycles. The summed E-state index contributed by atoms with van der Waals surface area (Å²) in [6, 6.07) is 26.9. The molecule has 4 rings (SSSR count). The van der Waals surface area contributed by atoms with Gasteiger partial charge >= 0.3 is 0 Å². The van der Waals surface area contributed by atoms with E-state index in [2.05, 4.69) is 4.98 Å². The molecule has 0 saturated heterocycles. The van der Waals surface area contributed by atoms with Crippen LogP contribution in [-0.2, 0) is 19.6 Å². The lowest BCUT2D eigenvalue weighted by atomic mass is 10.1. The third kappa shape index (κ3) is 6.67. The molecule has 0 saturated carbocycles. The minimum atomic E-state index is -0.377. The van der Waals surface area contributed by atoms with Crippen molar-refractivity contribution in [2.75, 3.05) is 13.7 Å². The predicted molar refractivity (Wildman–Crippen MR) is 133 cm³/mol. The number of carbonyl (C=O) groups is 1. The smallest absolute Gasteiger partial charge is 0.254 e. The van der Waals surface area contributed by atoms with Crippen LogP contribution >= 0.6 is 0 Å². The fraction of sp³-hybridized carbons (Fsp3) is 0.172. The van der Waals surface area contributed by atoms with Gasteiger partial charge in [0.05, 0.1) is 7.11 Å². The summed E-state index contributed by atoms with van der Waals surface area (Å²) < 4.78 is 24.9. The van der Waals surface area contributed by atoms with Crippen molar-refractivity contribution in [3.05, 3.63) is 125 Å². The molecule has 178 valence electrons. The molecule has 0 N–H and O–H groups in total. The maximum atomic E-state index is 13.4. The number of amides is 1. The maximum Gasteiger partial charge on any atom is 0.254 e. The van der Waals surface area contributed by atoms with E-state index >= 15 is 0 Å². The molecule has 3 aromatic carbocycles. The number of halogens is 1. The second kappa shape index (κ2) is 11.8. The second-order valence-electron chi connectivity index (χ2n) is 8.06. The Morgan fingerprint density at radius 3 is 2.37 bits per heavy atom. The second-order valence-corrected chi connectivity index (χ2v) is 8.06. The van der Waals surface area contributed by atoms with E-state index < -0.39 is 0 Å². The zero-order chi connectivity index (χ0) is 24.5. The van der Waals surface area contributed by atoms with Gasteiger partial charge in [0.2, 0.25) is 0 Å². The van der Waals surface area contributed by atoms with E-state index in [1.807, 2.05) is 66.7 Å². The van der Waals surface area contributed by atoms with Crippen LogP contribution in [0.5, 0.6) is 11.5 Å². The van der Waals surface area contributed by atoms with Gasteiger partial charge in [-0.05, 0) is 59.7 Å². The monoisotopic (exact) mass is 470 g/mol. The summed E-state index contributed by atoms with van der Waals surface area (Å²) in [4.78, 5) is 19.4. The molecule has 1 aromatic heterocycles. The van der Waals surface area contributed by atoms with Gasteiger partial charge < -0.3 is 14.4 Å². The molecule has 0 unspecified atom stereocenters. The molecule has 0 radical (unpaired) electrons. The van der Waals surface area contributed by atoms with Crippen molar-refractivity contribution in [2.24, 2.45) is 0 Å². The average molecular weight is 471 g/mol. The molecular weight excluding hydrogens is 443 g/mol. The third-order valence-electron chi connectivity index (χ3n) is 5.58. The van der Waals surface area contributed by atoms with E-state index in [0.29, 0.717) is 43.2 Å². The Labute approximate surface area is 204 Å². The maximum absolute atomic E-state index is 13.4. The van der Waals surface area contributed by atoms with Gasteiger partial charge in [0.15, 0.2) is 11.5 Å². The van der Waals surface area contributed by atoms with Crippen LogP contribution in [-0.4, -0.2) is 29.4 Å². The summed E-state index contributed by atoms with van der Waals surface area (Å²) in [5.41, 5.74) is 3.28. The van der Waals surface area contributed by atoms with Crippen LogP contribution in [0.3, 0.4) is 0 Å². The van der Waals surface area contributed by atoms with Crippen molar-refractivity contribution >= 4 is 5.91 Å². The molecule has 4 aromatic rings. The minimum absolute atomic E-state index is 0.177. The van der Waals surface area contributed by atoms with E-state index in [4.69, 9.17) is 9.47 Å². The van der Waals surface area contributed by atoms with Gasteiger partial charge in [0, 0.05) is 37.0 Å². The van der Waals surface area contributed by atoms with Gasteiger partial charge in [-0.25, -0.2) is 4.39 Å². The first-order valence-corrected chi connectivity index (χ1v) is 11.4. The van der Waals surface area contributed by atoms with Gasteiger partial charge in [-0.3, -0.25) is 9.78 Å². The summed E-state index contributed by atoms with van der Waals surface area (Å²) in [6.07, 6.45) is 2.34. The Balaban J connectivity index is 1.51. The van der Waals surface area contributed by atoms with Crippen molar-refractivity contribution in [3.8, 4) is 11.5 Å². The van der Waals surface area contributed by atoms with Gasteiger partial charge in [-0.15, -0.1) is 0 Å². The number of methoxy groups -OCH3 is 1. The first-order chi connectivity index (χ1) is 17.1. The number of ether oxygens (including phenoxy) is 2. The molecule has 0 aliphatic carbocycles. The minimum Gasteiger partial charge on any atom is -0.493 e. The normalized spacial score (nSPS) is 10.6. The highest BCUT2D eigenvalue weighted by molar-refractivity contribution is 5.94. The zero-order valence-electron chi connectivity index (χ0n) is 19.6. The molecule has 0 aliphatic heterocycles. The van der Waals surface area contributed by atoms with Crippen LogP contribution in [0.4, 0.5) is 4.39 Å². The van der Waals surface area contributed by atoms with Crippen LogP contribution in [0.25, 0.3) is 0 Å². The molecule has 0 aliphatic rings.